The van der Waals surface area contributed by atoms with Crippen molar-refractivity contribution in [1.82, 2.24) is 4.90 Å². The Bertz CT molecular complexity index is 1010. The maximum atomic E-state index is 12.7. The van der Waals surface area contributed by atoms with E-state index in [0.717, 1.165) is 16.8 Å². The van der Waals surface area contributed by atoms with Crippen molar-refractivity contribution in [3.63, 3.8) is 0 Å². The molecule has 0 aliphatic rings. The number of nitrogens with one attached hydrogen (secondary N) is 1. The molecule has 0 radical (unpaired) electrons. The Labute approximate surface area is 180 Å². The van der Waals surface area contributed by atoms with Gasteiger partial charge in [-0.15, -0.1) is 0 Å². The number of carbonyl (C=O) groups is 1. The van der Waals surface area contributed by atoms with Crippen LogP contribution in [0.3, 0.4) is 0 Å². The van der Waals surface area contributed by atoms with Crippen LogP contribution in [0.2, 0.25) is 0 Å². The molecule has 0 aromatic heterocycles. The fraction of sp³-hybridized carbons (Fsp3) is 0.208. The summed E-state index contributed by atoms with van der Waals surface area (Å²) in [5.74, 6) is 0.128. The molecule has 5 nitrogen and oxygen atoms in total. The van der Waals surface area contributed by atoms with Crippen LogP contribution in [0.5, 0.6) is 11.5 Å². The molecule has 3 aromatic rings. The lowest BCUT2D eigenvalue weighted by molar-refractivity contribution is -0.0512. The van der Waals surface area contributed by atoms with Gasteiger partial charge in [0.1, 0.15) is 0 Å². The Morgan fingerprint density at radius 2 is 1.68 bits per heavy atom. The summed E-state index contributed by atoms with van der Waals surface area (Å²) < 4.78 is 34.5. The minimum Gasteiger partial charge on any atom is -0.493 e. The maximum Gasteiger partial charge on any atom is 0.387 e. The zero-order valence-corrected chi connectivity index (χ0v) is 17.3. The van der Waals surface area contributed by atoms with E-state index in [1.165, 1.54) is 18.1 Å². The Balaban J connectivity index is 1.68. The second-order valence-electron chi connectivity index (χ2n) is 6.97. The van der Waals surface area contributed by atoms with Crippen LogP contribution in [0.4, 0.5) is 19.3 Å². The van der Waals surface area contributed by atoms with Gasteiger partial charge in [0.15, 0.2) is 11.5 Å². The van der Waals surface area contributed by atoms with Crippen LogP contribution in [0.15, 0.2) is 72.8 Å². The number of halogens is 2. The first kappa shape index (κ1) is 22.1. The van der Waals surface area contributed by atoms with Crippen LogP contribution in [0, 0.1) is 0 Å². The molecule has 0 atom stereocenters. The number of benzene rings is 3. The topological polar surface area (TPSA) is 50.8 Å². The highest BCUT2D eigenvalue weighted by atomic mass is 19.3. The van der Waals surface area contributed by atoms with Gasteiger partial charge in [-0.05, 0) is 41.3 Å². The molecule has 0 fully saturated rings. The number of nitrogens with zero attached hydrogens (tertiary/aromatic N) is 1. The number of hydrogen-bond acceptors (Lipinski definition) is 3. The van der Waals surface area contributed by atoms with E-state index in [4.69, 9.17) is 4.74 Å². The number of urea groups is 1. The zero-order chi connectivity index (χ0) is 22.2. The smallest absolute Gasteiger partial charge is 0.387 e. The van der Waals surface area contributed by atoms with Crippen molar-refractivity contribution in [2.45, 2.75) is 19.6 Å². The summed E-state index contributed by atoms with van der Waals surface area (Å²) in [5, 5.41) is 2.95. The van der Waals surface area contributed by atoms with Gasteiger partial charge in [-0.2, -0.15) is 8.78 Å². The van der Waals surface area contributed by atoms with E-state index in [2.05, 4.69) is 10.1 Å². The van der Waals surface area contributed by atoms with Crippen molar-refractivity contribution < 1.29 is 23.0 Å². The van der Waals surface area contributed by atoms with Crippen molar-refractivity contribution in [1.29, 1.82) is 0 Å². The molecule has 0 spiro atoms. The van der Waals surface area contributed by atoms with Crippen LogP contribution in [-0.2, 0) is 13.0 Å². The van der Waals surface area contributed by atoms with Gasteiger partial charge in [0, 0.05) is 19.3 Å². The third-order valence-corrected chi connectivity index (χ3v) is 4.71. The summed E-state index contributed by atoms with van der Waals surface area (Å²) >= 11 is 0. The molecule has 1 N–H and O–H groups in total. The summed E-state index contributed by atoms with van der Waals surface area (Å²) in [6.07, 6.45) is 0.698. The maximum absolute atomic E-state index is 12.7. The minimum atomic E-state index is -2.94. The van der Waals surface area contributed by atoms with E-state index in [9.17, 15) is 13.6 Å². The van der Waals surface area contributed by atoms with E-state index in [0.29, 0.717) is 12.0 Å². The Morgan fingerprint density at radius 1 is 0.968 bits per heavy atom. The molecule has 3 aromatic carbocycles. The minimum absolute atomic E-state index is 0.0526. The fourth-order valence-electron chi connectivity index (χ4n) is 3.17. The number of carbonyl (C=O) groups excluding carboxylic acids is 1. The predicted molar refractivity (Wildman–Crippen MR) is 116 cm³/mol. The van der Waals surface area contributed by atoms with E-state index in [-0.39, 0.29) is 24.1 Å². The Morgan fingerprint density at radius 3 is 2.39 bits per heavy atom. The van der Waals surface area contributed by atoms with Crippen LogP contribution in [-0.4, -0.2) is 31.7 Å². The molecule has 2 amide bonds. The lowest BCUT2D eigenvalue weighted by Gasteiger charge is -2.20. The average Bonchev–Trinajstić information content (AvgIpc) is 2.76. The molecule has 0 unspecified atom stereocenters. The number of methoxy groups -OCH3 is 1. The molecule has 0 bridgehead atoms. The molecular weight excluding hydrogens is 402 g/mol. The quantitative estimate of drug-likeness (QED) is 0.514. The number of rotatable bonds is 8. The number of amides is 2. The molecule has 7 heteroatoms. The van der Waals surface area contributed by atoms with Crippen molar-refractivity contribution in [2.75, 3.05) is 19.5 Å². The van der Waals surface area contributed by atoms with Crippen LogP contribution in [0.1, 0.15) is 16.7 Å². The molecule has 3 rings (SSSR count). The van der Waals surface area contributed by atoms with Crippen LogP contribution in [0.25, 0.3) is 0 Å². The SMILES string of the molecule is COc1cc(CN(C)C(=O)Nc2ccccc2Cc2ccccc2)ccc1OC(F)F. The van der Waals surface area contributed by atoms with Gasteiger partial charge in [-0.1, -0.05) is 54.6 Å². The van der Waals surface area contributed by atoms with Crippen molar-refractivity contribution >= 4 is 11.7 Å². The first-order valence-corrected chi connectivity index (χ1v) is 9.72. The van der Waals surface area contributed by atoms with Crippen LogP contribution >= 0.6 is 0 Å². The lowest BCUT2D eigenvalue weighted by atomic mass is 10.0. The van der Waals surface area contributed by atoms with E-state index < -0.39 is 6.61 Å². The molecule has 0 aliphatic carbocycles. The van der Waals surface area contributed by atoms with E-state index in [1.807, 2.05) is 54.6 Å². The molecule has 0 saturated carbocycles. The Kier molecular flexibility index (Phi) is 7.43. The highest BCUT2D eigenvalue weighted by Gasteiger charge is 2.15. The second-order valence-corrected chi connectivity index (χ2v) is 6.97. The predicted octanol–water partition coefficient (Wildman–Crippen LogP) is 5.55. The van der Waals surface area contributed by atoms with Crippen LogP contribution < -0.4 is 14.8 Å². The Hall–Kier alpha value is -3.61. The number of alkyl halides is 2. The van der Waals surface area contributed by atoms with Gasteiger partial charge in [0.05, 0.1) is 7.11 Å². The zero-order valence-electron chi connectivity index (χ0n) is 17.3. The second kappa shape index (κ2) is 10.4. The van der Waals surface area contributed by atoms with Gasteiger partial charge in [0.2, 0.25) is 0 Å². The lowest BCUT2D eigenvalue weighted by Crippen LogP contribution is -2.31. The summed E-state index contributed by atoms with van der Waals surface area (Å²) in [7, 11) is 3.03. The third kappa shape index (κ3) is 6.18. The molecule has 31 heavy (non-hydrogen) atoms. The summed E-state index contributed by atoms with van der Waals surface area (Å²) in [4.78, 5) is 14.2. The van der Waals surface area contributed by atoms with Gasteiger partial charge < -0.3 is 19.7 Å². The molecule has 162 valence electrons. The van der Waals surface area contributed by atoms with Crippen molar-refractivity contribution in [2.24, 2.45) is 0 Å². The van der Waals surface area contributed by atoms with Gasteiger partial charge in [0.25, 0.3) is 0 Å². The van der Waals surface area contributed by atoms with E-state index >= 15 is 0 Å². The molecule has 0 aliphatic heterocycles. The van der Waals surface area contributed by atoms with Crippen molar-refractivity contribution in [3.8, 4) is 11.5 Å². The fourth-order valence-corrected chi connectivity index (χ4v) is 3.17. The monoisotopic (exact) mass is 426 g/mol. The first-order valence-electron chi connectivity index (χ1n) is 9.72. The highest BCUT2D eigenvalue weighted by molar-refractivity contribution is 5.90. The summed E-state index contributed by atoms with van der Waals surface area (Å²) in [6.45, 7) is -2.68. The first-order chi connectivity index (χ1) is 15.0. The largest absolute Gasteiger partial charge is 0.493 e. The third-order valence-electron chi connectivity index (χ3n) is 4.71. The number of ether oxygens (including phenoxy) is 2. The molecule has 0 heterocycles. The summed E-state index contributed by atoms with van der Waals surface area (Å²) in [6, 6.07) is 22.0. The number of anilines is 1. The number of para-hydroxylation sites is 1. The van der Waals surface area contributed by atoms with Gasteiger partial charge >= 0.3 is 12.6 Å². The standard InChI is InChI=1S/C24H24F2N2O3/c1-28(16-18-12-13-21(31-23(25)26)22(15-18)30-2)24(29)27-20-11-7-6-10-19(20)14-17-8-4-3-5-9-17/h3-13,15,23H,14,16H2,1-2H3,(H,27,29). The van der Waals surface area contributed by atoms with Gasteiger partial charge in [-0.3, -0.25) is 0 Å². The number of hydrogen-bond donors (Lipinski definition) is 1. The average molecular weight is 426 g/mol. The van der Waals surface area contributed by atoms with Crippen molar-refractivity contribution in [3.05, 3.63) is 89.5 Å². The highest BCUT2D eigenvalue weighted by Crippen LogP contribution is 2.30. The summed E-state index contributed by atoms with van der Waals surface area (Å²) in [5.41, 5.74) is 3.61. The van der Waals surface area contributed by atoms with E-state index in [1.54, 1.807) is 19.2 Å². The van der Waals surface area contributed by atoms with Gasteiger partial charge in [-0.25, -0.2) is 4.79 Å². The molecular formula is C24H24F2N2O3. The molecule has 0 saturated heterocycles. The normalized spacial score (nSPS) is 10.6.